The predicted molar refractivity (Wildman–Crippen MR) is 62.7 cm³/mol. The first kappa shape index (κ1) is 12.4. The zero-order valence-corrected chi connectivity index (χ0v) is 10.5. The summed E-state index contributed by atoms with van der Waals surface area (Å²) in [6, 6.07) is -0.0875. The Bertz CT molecular complexity index is 503. The van der Waals surface area contributed by atoms with Gasteiger partial charge >= 0.3 is 0 Å². The van der Waals surface area contributed by atoms with Gasteiger partial charge in [0.1, 0.15) is 0 Å². The van der Waals surface area contributed by atoms with Crippen LogP contribution in [-0.2, 0) is 10.0 Å². The summed E-state index contributed by atoms with van der Waals surface area (Å²) >= 11 is 0. The van der Waals surface area contributed by atoms with Crippen LogP contribution < -0.4 is 5.73 Å². The lowest BCUT2D eigenvalue weighted by atomic mass is 10.1. The number of sulfonamides is 1. The van der Waals surface area contributed by atoms with Crippen LogP contribution in [0.5, 0.6) is 0 Å². The van der Waals surface area contributed by atoms with Gasteiger partial charge in [0.15, 0.2) is 5.03 Å². The standard InChI is InChI=1S/C10H16N4O2S/c1-8-10(13-5-4-12-8)17(15,16)14-6-2-3-9(11)7-14/h4-5,9H,2-3,6-7,11H2,1H3/t9-/m1/s1. The summed E-state index contributed by atoms with van der Waals surface area (Å²) in [7, 11) is -3.55. The quantitative estimate of drug-likeness (QED) is 0.798. The third-order valence-corrected chi connectivity index (χ3v) is 4.74. The highest BCUT2D eigenvalue weighted by atomic mass is 32.2. The second-order valence-electron chi connectivity index (χ2n) is 4.21. The number of nitrogens with two attached hydrogens (primary N) is 1. The Hall–Kier alpha value is -1.05. The third-order valence-electron chi connectivity index (χ3n) is 2.84. The number of rotatable bonds is 2. The molecule has 1 fully saturated rings. The van der Waals surface area contributed by atoms with Crippen molar-refractivity contribution < 1.29 is 8.42 Å². The number of nitrogens with zero attached hydrogens (tertiary/aromatic N) is 3. The minimum absolute atomic E-state index is 0.0362. The Morgan fingerprint density at radius 3 is 2.76 bits per heavy atom. The predicted octanol–water partition coefficient (Wildman–Crippen LogP) is -0.103. The second-order valence-corrected chi connectivity index (χ2v) is 6.07. The Morgan fingerprint density at radius 1 is 1.41 bits per heavy atom. The number of aryl methyl sites for hydroxylation is 1. The van der Waals surface area contributed by atoms with Crippen LogP contribution in [0.3, 0.4) is 0 Å². The lowest BCUT2D eigenvalue weighted by molar-refractivity contribution is 0.315. The molecule has 0 saturated carbocycles. The van der Waals surface area contributed by atoms with E-state index < -0.39 is 10.0 Å². The molecule has 1 aromatic heterocycles. The summed E-state index contributed by atoms with van der Waals surface area (Å²) in [5.41, 5.74) is 6.22. The maximum absolute atomic E-state index is 12.3. The molecule has 0 spiro atoms. The lowest BCUT2D eigenvalue weighted by Crippen LogP contribution is -2.46. The molecule has 1 aromatic rings. The molecule has 0 aromatic carbocycles. The first-order valence-electron chi connectivity index (χ1n) is 5.55. The Morgan fingerprint density at radius 2 is 2.12 bits per heavy atom. The minimum atomic E-state index is -3.55. The highest BCUT2D eigenvalue weighted by molar-refractivity contribution is 7.89. The molecule has 0 aliphatic carbocycles. The summed E-state index contributed by atoms with van der Waals surface area (Å²) in [6.07, 6.45) is 4.53. The van der Waals surface area contributed by atoms with E-state index in [1.54, 1.807) is 6.92 Å². The molecule has 1 aliphatic heterocycles. The summed E-state index contributed by atoms with van der Waals surface area (Å²) in [6.45, 7) is 2.51. The van der Waals surface area contributed by atoms with Crippen LogP contribution in [0.2, 0.25) is 0 Å². The molecular formula is C10H16N4O2S. The van der Waals surface area contributed by atoms with Gasteiger partial charge < -0.3 is 5.73 Å². The minimum Gasteiger partial charge on any atom is -0.327 e. The smallest absolute Gasteiger partial charge is 0.262 e. The molecule has 7 heteroatoms. The summed E-state index contributed by atoms with van der Waals surface area (Å²) in [4.78, 5) is 7.88. The van der Waals surface area contributed by atoms with Gasteiger partial charge in [0, 0.05) is 31.5 Å². The van der Waals surface area contributed by atoms with Gasteiger partial charge in [-0.25, -0.2) is 13.4 Å². The van der Waals surface area contributed by atoms with E-state index in [4.69, 9.17) is 5.73 Å². The van der Waals surface area contributed by atoms with E-state index in [9.17, 15) is 8.42 Å². The Labute approximate surface area is 101 Å². The van der Waals surface area contributed by atoms with Crippen LogP contribution in [0.15, 0.2) is 17.4 Å². The van der Waals surface area contributed by atoms with Crippen LogP contribution >= 0.6 is 0 Å². The zero-order valence-electron chi connectivity index (χ0n) is 9.70. The van der Waals surface area contributed by atoms with Gasteiger partial charge in [-0.15, -0.1) is 0 Å². The monoisotopic (exact) mass is 256 g/mol. The molecule has 6 nitrogen and oxygen atoms in total. The second kappa shape index (κ2) is 4.67. The van der Waals surface area contributed by atoms with Crippen molar-refractivity contribution in [3.63, 3.8) is 0 Å². The van der Waals surface area contributed by atoms with Gasteiger partial charge in [0.05, 0.1) is 5.69 Å². The molecule has 94 valence electrons. The van der Waals surface area contributed by atoms with E-state index in [1.165, 1.54) is 16.7 Å². The zero-order chi connectivity index (χ0) is 12.5. The van der Waals surface area contributed by atoms with Crippen molar-refractivity contribution in [1.29, 1.82) is 0 Å². The fourth-order valence-corrected chi connectivity index (χ4v) is 3.58. The molecule has 0 unspecified atom stereocenters. The molecule has 2 N–H and O–H groups in total. The summed E-state index contributed by atoms with van der Waals surface area (Å²) < 4.78 is 26.0. The van der Waals surface area contributed by atoms with Crippen LogP contribution in [-0.4, -0.2) is 41.8 Å². The van der Waals surface area contributed by atoms with Crippen LogP contribution in [0, 0.1) is 6.92 Å². The van der Waals surface area contributed by atoms with Gasteiger partial charge in [0.25, 0.3) is 10.0 Å². The van der Waals surface area contributed by atoms with Crippen molar-refractivity contribution in [1.82, 2.24) is 14.3 Å². The topological polar surface area (TPSA) is 89.2 Å². The normalized spacial score (nSPS) is 22.6. The first-order valence-corrected chi connectivity index (χ1v) is 6.99. The van der Waals surface area contributed by atoms with Gasteiger partial charge in [-0.1, -0.05) is 0 Å². The van der Waals surface area contributed by atoms with E-state index >= 15 is 0 Å². The summed E-state index contributed by atoms with van der Waals surface area (Å²) in [5.74, 6) is 0. The van der Waals surface area contributed by atoms with Crippen LogP contribution in [0.25, 0.3) is 0 Å². The number of piperidine rings is 1. The Kier molecular flexibility index (Phi) is 3.41. The van der Waals surface area contributed by atoms with E-state index in [-0.39, 0.29) is 11.1 Å². The highest BCUT2D eigenvalue weighted by Gasteiger charge is 2.31. The van der Waals surface area contributed by atoms with Crippen LogP contribution in [0.1, 0.15) is 18.5 Å². The average Bonchev–Trinajstić information content (AvgIpc) is 2.29. The molecule has 1 atom stereocenters. The van der Waals surface area contributed by atoms with Crippen molar-refractivity contribution >= 4 is 10.0 Å². The molecular weight excluding hydrogens is 240 g/mol. The lowest BCUT2D eigenvalue weighted by Gasteiger charge is -2.29. The summed E-state index contributed by atoms with van der Waals surface area (Å²) in [5, 5.41) is 0.0362. The van der Waals surface area contributed by atoms with Crippen LogP contribution in [0.4, 0.5) is 0 Å². The van der Waals surface area contributed by atoms with Crippen molar-refractivity contribution in [3.05, 3.63) is 18.1 Å². The van der Waals surface area contributed by atoms with Crippen molar-refractivity contribution in [3.8, 4) is 0 Å². The van der Waals surface area contributed by atoms with Gasteiger partial charge in [-0.2, -0.15) is 4.31 Å². The Balaban J connectivity index is 2.33. The van der Waals surface area contributed by atoms with E-state index in [0.29, 0.717) is 18.8 Å². The average molecular weight is 256 g/mol. The maximum Gasteiger partial charge on any atom is 0.262 e. The molecule has 0 radical (unpaired) electrons. The molecule has 0 amide bonds. The number of hydrogen-bond acceptors (Lipinski definition) is 5. The molecule has 2 heterocycles. The van der Waals surface area contributed by atoms with Crippen molar-refractivity contribution in [2.75, 3.05) is 13.1 Å². The van der Waals surface area contributed by atoms with E-state index in [0.717, 1.165) is 12.8 Å². The number of aromatic nitrogens is 2. The van der Waals surface area contributed by atoms with Gasteiger partial charge in [-0.05, 0) is 19.8 Å². The highest BCUT2D eigenvalue weighted by Crippen LogP contribution is 2.19. The molecule has 1 aliphatic rings. The first-order chi connectivity index (χ1) is 8.01. The number of hydrogen-bond donors (Lipinski definition) is 1. The van der Waals surface area contributed by atoms with Crippen molar-refractivity contribution in [2.45, 2.75) is 30.8 Å². The molecule has 0 bridgehead atoms. The van der Waals surface area contributed by atoms with Gasteiger partial charge in [-0.3, -0.25) is 4.98 Å². The fourth-order valence-electron chi connectivity index (χ4n) is 1.96. The maximum atomic E-state index is 12.3. The van der Waals surface area contributed by atoms with E-state index in [2.05, 4.69) is 9.97 Å². The third kappa shape index (κ3) is 2.46. The van der Waals surface area contributed by atoms with E-state index in [1.807, 2.05) is 0 Å². The molecule has 2 rings (SSSR count). The largest absolute Gasteiger partial charge is 0.327 e. The molecule has 1 saturated heterocycles. The fraction of sp³-hybridized carbons (Fsp3) is 0.600. The van der Waals surface area contributed by atoms with Crippen molar-refractivity contribution in [2.24, 2.45) is 5.73 Å². The van der Waals surface area contributed by atoms with Gasteiger partial charge in [0.2, 0.25) is 0 Å². The SMILES string of the molecule is Cc1nccnc1S(=O)(=O)N1CCC[C@@H](N)C1. The molecule has 17 heavy (non-hydrogen) atoms.